The van der Waals surface area contributed by atoms with E-state index >= 15 is 0 Å². The van der Waals surface area contributed by atoms with Crippen molar-refractivity contribution < 1.29 is 9.59 Å². The molecule has 1 aromatic carbocycles. The minimum Gasteiger partial charge on any atom is -0.399 e. The maximum absolute atomic E-state index is 12.2. The van der Waals surface area contributed by atoms with Crippen LogP contribution in [0.4, 0.5) is 5.69 Å². The largest absolute Gasteiger partial charge is 0.399 e. The Kier molecular flexibility index (Phi) is 4.81. The molecule has 0 bridgehead atoms. The maximum Gasteiger partial charge on any atom is 0.255 e. The molecule has 18 heavy (non-hydrogen) atoms. The molecule has 1 aromatic rings. The SMILES string of the molecule is CCN(CC(N)=O)C(=O)c1cc(N)cc(Cl)c1Cl. The highest BCUT2D eigenvalue weighted by molar-refractivity contribution is 6.44. The van der Waals surface area contributed by atoms with Crippen LogP contribution in [0, 0.1) is 0 Å². The van der Waals surface area contributed by atoms with E-state index in [1.807, 2.05) is 0 Å². The summed E-state index contributed by atoms with van der Waals surface area (Å²) in [6, 6.07) is 2.87. The Bertz CT molecular complexity index is 491. The Morgan fingerprint density at radius 1 is 1.33 bits per heavy atom. The van der Waals surface area contributed by atoms with Crippen LogP contribution >= 0.6 is 23.2 Å². The third-order valence-electron chi connectivity index (χ3n) is 2.30. The molecule has 0 aliphatic carbocycles. The Hall–Kier alpha value is -1.46. The van der Waals surface area contributed by atoms with Gasteiger partial charge in [-0.05, 0) is 19.1 Å². The Labute approximate surface area is 115 Å². The lowest BCUT2D eigenvalue weighted by Crippen LogP contribution is -2.38. The number of rotatable bonds is 4. The second-order valence-electron chi connectivity index (χ2n) is 3.65. The van der Waals surface area contributed by atoms with Crippen LogP contribution in [-0.2, 0) is 4.79 Å². The molecule has 2 amide bonds. The number of carbonyl (C=O) groups excluding carboxylic acids is 2. The van der Waals surface area contributed by atoms with E-state index in [0.29, 0.717) is 12.2 Å². The van der Waals surface area contributed by atoms with Gasteiger partial charge in [-0.2, -0.15) is 0 Å². The summed E-state index contributed by atoms with van der Waals surface area (Å²) < 4.78 is 0. The summed E-state index contributed by atoms with van der Waals surface area (Å²) >= 11 is 11.8. The fraction of sp³-hybridized carbons (Fsp3) is 0.273. The van der Waals surface area contributed by atoms with E-state index in [2.05, 4.69) is 0 Å². The first kappa shape index (κ1) is 14.6. The molecule has 0 spiro atoms. The minimum atomic E-state index is -0.601. The summed E-state index contributed by atoms with van der Waals surface area (Å²) in [4.78, 5) is 24.3. The number of hydrogen-bond acceptors (Lipinski definition) is 3. The molecule has 1 rings (SSSR count). The number of hydrogen-bond donors (Lipinski definition) is 2. The highest BCUT2D eigenvalue weighted by Gasteiger charge is 2.20. The zero-order chi connectivity index (χ0) is 13.9. The number of likely N-dealkylation sites (N-methyl/N-ethyl adjacent to an activating group) is 1. The van der Waals surface area contributed by atoms with Crippen LogP contribution in [-0.4, -0.2) is 29.8 Å². The van der Waals surface area contributed by atoms with E-state index in [1.54, 1.807) is 6.92 Å². The number of nitrogens with two attached hydrogens (primary N) is 2. The van der Waals surface area contributed by atoms with Gasteiger partial charge in [0.15, 0.2) is 0 Å². The molecule has 0 fully saturated rings. The molecule has 0 saturated carbocycles. The van der Waals surface area contributed by atoms with Gasteiger partial charge in [0.05, 0.1) is 22.2 Å². The van der Waals surface area contributed by atoms with Crippen LogP contribution in [0.2, 0.25) is 10.0 Å². The minimum absolute atomic E-state index is 0.110. The number of primary amides is 1. The monoisotopic (exact) mass is 289 g/mol. The zero-order valence-corrected chi connectivity index (χ0v) is 11.3. The molecule has 0 heterocycles. The summed E-state index contributed by atoms with van der Waals surface area (Å²) in [5, 5.41) is 0.300. The summed E-state index contributed by atoms with van der Waals surface area (Å²) in [6.45, 7) is 1.87. The van der Waals surface area contributed by atoms with Gasteiger partial charge in [0, 0.05) is 12.2 Å². The third kappa shape index (κ3) is 3.27. The normalized spacial score (nSPS) is 10.2. The lowest BCUT2D eigenvalue weighted by molar-refractivity contribution is -0.118. The molecule has 7 heteroatoms. The fourth-order valence-corrected chi connectivity index (χ4v) is 1.87. The molecule has 5 nitrogen and oxygen atoms in total. The standard InChI is InChI=1S/C11H13Cl2N3O2/c1-2-16(5-9(15)17)11(18)7-3-6(14)4-8(12)10(7)13/h3-4H,2,5,14H2,1H3,(H2,15,17). The summed E-state index contributed by atoms with van der Waals surface area (Å²) in [7, 11) is 0. The van der Waals surface area contributed by atoms with Crippen LogP contribution in [0.1, 0.15) is 17.3 Å². The molecule has 0 saturated heterocycles. The molecule has 0 atom stereocenters. The highest BCUT2D eigenvalue weighted by atomic mass is 35.5. The highest BCUT2D eigenvalue weighted by Crippen LogP contribution is 2.29. The van der Waals surface area contributed by atoms with Crippen LogP contribution in [0.5, 0.6) is 0 Å². The quantitative estimate of drug-likeness (QED) is 0.824. The van der Waals surface area contributed by atoms with E-state index in [1.165, 1.54) is 17.0 Å². The number of anilines is 1. The molecule has 0 aliphatic rings. The number of benzene rings is 1. The number of amides is 2. The predicted octanol–water partition coefficient (Wildman–Crippen LogP) is 1.52. The van der Waals surface area contributed by atoms with Crippen molar-refractivity contribution in [2.45, 2.75) is 6.92 Å². The maximum atomic E-state index is 12.2. The topological polar surface area (TPSA) is 89.4 Å². The fourth-order valence-electron chi connectivity index (χ4n) is 1.45. The second kappa shape index (κ2) is 5.93. The summed E-state index contributed by atoms with van der Waals surface area (Å²) in [5.41, 5.74) is 11.1. The number of nitrogen functional groups attached to an aromatic ring is 1. The predicted molar refractivity (Wildman–Crippen MR) is 71.6 cm³/mol. The summed E-state index contributed by atoms with van der Waals surface area (Å²) in [6.07, 6.45) is 0. The van der Waals surface area contributed by atoms with Gasteiger partial charge < -0.3 is 16.4 Å². The third-order valence-corrected chi connectivity index (χ3v) is 3.10. The van der Waals surface area contributed by atoms with Gasteiger partial charge in [0.2, 0.25) is 5.91 Å². The van der Waals surface area contributed by atoms with Gasteiger partial charge in [0.1, 0.15) is 0 Å². The smallest absolute Gasteiger partial charge is 0.255 e. The number of halogens is 2. The van der Waals surface area contributed by atoms with E-state index < -0.39 is 11.8 Å². The number of carbonyl (C=O) groups is 2. The van der Waals surface area contributed by atoms with Gasteiger partial charge in [-0.25, -0.2) is 0 Å². The molecule has 0 aliphatic heterocycles. The van der Waals surface area contributed by atoms with Gasteiger partial charge >= 0.3 is 0 Å². The van der Waals surface area contributed by atoms with Crippen LogP contribution in [0.15, 0.2) is 12.1 Å². The molecular formula is C11H13Cl2N3O2. The number of nitrogens with zero attached hydrogens (tertiary/aromatic N) is 1. The lowest BCUT2D eigenvalue weighted by Gasteiger charge is -2.20. The van der Waals surface area contributed by atoms with Crippen molar-refractivity contribution in [2.24, 2.45) is 5.73 Å². The molecule has 0 unspecified atom stereocenters. The van der Waals surface area contributed by atoms with E-state index in [4.69, 9.17) is 34.7 Å². The van der Waals surface area contributed by atoms with Crippen LogP contribution in [0.3, 0.4) is 0 Å². The van der Waals surface area contributed by atoms with Crippen molar-refractivity contribution in [3.63, 3.8) is 0 Å². The first-order valence-electron chi connectivity index (χ1n) is 5.18. The van der Waals surface area contributed by atoms with Crippen molar-refractivity contribution in [2.75, 3.05) is 18.8 Å². The summed E-state index contributed by atoms with van der Waals surface area (Å²) in [5.74, 6) is -1.04. The van der Waals surface area contributed by atoms with Crippen LogP contribution < -0.4 is 11.5 Å². The first-order valence-corrected chi connectivity index (χ1v) is 5.94. The van der Waals surface area contributed by atoms with E-state index in [9.17, 15) is 9.59 Å². The van der Waals surface area contributed by atoms with Gasteiger partial charge in [0.25, 0.3) is 5.91 Å². The molecular weight excluding hydrogens is 277 g/mol. The Balaban J connectivity index is 3.12. The Morgan fingerprint density at radius 3 is 2.44 bits per heavy atom. The lowest BCUT2D eigenvalue weighted by atomic mass is 10.1. The second-order valence-corrected chi connectivity index (χ2v) is 4.44. The van der Waals surface area contributed by atoms with Gasteiger partial charge in [-0.1, -0.05) is 23.2 Å². The van der Waals surface area contributed by atoms with E-state index in [-0.39, 0.29) is 22.2 Å². The zero-order valence-electron chi connectivity index (χ0n) is 9.74. The molecule has 0 radical (unpaired) electrons. The van der Waals surface area contributed by atoms with Crippen molar-refractivity contribution in [3.8, 4) is 0 Å². The van der Waals surface area contributed by atoms with Crippen molar-refractivity contribution in [1.29, 1.82) is 0 Å². The van der Waals surface area contributed by atoms with Crippen LogP contribution in [0.25, 0.3) is 0 Å². The van der Waals surface area contributed by atoms with Crippen molar-refractivity contribution in [3.05, 3.63) is 27.7 Å². The molecule has 98 valence electrons. The molecule has 4 N–H and O–H groups in total. The average Bonchev–Trinajstić information content (AvgIpc) is 2.29. The molecule has 0 aromatic heterocycles. The average molecular weight is 290 g/mol. The van der Waals surface area contributed by atoms with Crippen molar-refractivity contribution in [1.82, 2.24) is 4.90 Å². The van der Waals surface area contributed by atoms with Gasteiger partial charge in [-0.3, -0.25) is 9.59 Å². The van der Waals surface area contributed by atoms with Gasteiger partial charge in [-0.15, -0.1) is 0 Å². The van der Waals surface area contributed by atoms with Crippen molar-refractivity contribution >= 4 is 40.7 Å². The first-order chi connectivity index (χ1) is 8.36. The Morgan fingerprint density at radius 2 is 1.94 bits per heavy atom. The van der Waals surface area contributed by atoms with E-state index in [0.717, 1.165) is 0 Å².